The number of rotatable bonds is 9. The lowest BCUT2D eigenvalue weighted by Crippen LogP contribution is -2.48. The van der Waals surface area contributed by atoms with Gasteiger partial charge in [0.2, 0.25) is 0 Å². The quantitative estimate of drug-likeness (QED) is 0.0668. The zero-order valence-corrected chi connectivity index (χ0v) is 43.4. The Labute approximate surface area is 470 Å². The summed E-state index contributed by atoms with van der Waals surface area (Å²) in [5.41, 5.74) is -0.0577. The molecule has 8 aromatic rings. The molecule has 5 N–H and O–H groups in total. The van der Waals surface area contributed by atoms with E-state index >= 15 is 0 Å². The smallest absolute Gasteiger partial charge is 0.338 e. The standard InChI is InChI=1S/C26H23Cl2N3O5.C19H18Cl2O6.C7H6ClN3.3CH4/c1-14-8-9-16(12-18(14)27)19(35-25(33)15-6-4-3-5-7-15)21-26(2,34)20(32)24(36-21)31-11-10-17-22(28)29-13-30-23(17)31;1-19(25)15(22)18(24)27-16(19)14(11-7-8-12(20)13(21)9-11)26-17(23)10-5-3-2-4-6-10;1-11-3-2-5-6(8)9-4-10-7(5)11;;;/h3-13,19-21,24,32,34H,1-2H3;2-9,14-16,18,22,24-25H,1H3;2-4H,1H3;3*1H4/t19-,20+,21-,24-,26+;14-,15+,16-,18?,19+;;;;/m11..../s1. The molecule has 410 valence electrons. The molecule has 0 amide bonds. The van der Waals surface area contributed by atoms with Gasteiger partial charge in [0.05, 0.1) is 31.9 Å². The number of esters is 2. The van der Waals surface area contributed by atoms with Crippen molar-refractivity contribution >= 4 is 92.0 Å². The number of carbonyl (C=O) groups is 2. The van der Waals surface area contributed by atoms with Crippen molar-refractivity contribution in [1.82, 2.24) is 29.1 Å². The molecule has 1 unspecified atom stereocenters. The van der Waals surface area contributed by atoms with Crippen LogP contribution in [0.3, 0.4) is 0 Å². The van der Waals surface area contributed by atoms with Crippen LogP contribution in [0.15, 0.2) is 134 Å². The van der Waals surface area contributed by atoms with Crippen LogP contribution in [0.25, 0.3) is 22.1 Å². The summed E-state index contributed by atoms with van der Waals surface area (Å²) in [5, 5.41) is 56.4. The van der Waals surface area contributed by atoms with Crippen molar-refractivity contribution in [2.75, 3.05) is 0 Å². The minimum Gasteiger partial charge on any atom is -0.451 e. The van der Waals surface area contributed by atoms with E-state index in [1.807, 2.05) is 30.8 Å². The number of aliphatic hydroxyl groups is 5. The highest BCUT2D eigenvalue weighted by atomic mass is 35.5. The van der Waals surface area contributed by atoms with Gasteiger partial charge in [0.1, 0.15) is 69.9 Å². The molecule has 2 aliphatic heterocycles. The molecule has 10 atom stereocenters. The van der Waals surface area contributed by atoms with Crippen LogP contribution in [-0.4, -0.2) is 108 Å². The number of aromatic nitrogens is 6. The Bertz CT molecular complexity index is 3290. The second kappa shape index (κ2) is 25.8. The van der Waals surface area contributed by atoms with Gasteiger partial charge in [-0.05, 0) is 92.1 Å². The third-order valence-electron chi connectivity index (χ3n) is 12.6. The number of aliphatic hydroxyl groups excluding tert-OH is 3. The molecule has 6 heterocycles. The third kappa shape index (κ3) is 13.1. The molecule has 77 heavy (non-hydrogen) atoms. The van der Waals surface area contributed by atoms with Crippen molar-refractivity contribution in [3.63, 3.8) is 0 Å². The number of ether oxygens (including phenoxy) is 4. The van der Waals surface area contributed by atoms with E-state index in [4.69, 9.17) is 77.0 Å². The lowest BCUT2D eigenvalue weighted by Gasteiger charge is -2.32. The molecule has 0 spiro atoms. The molecule has 10 rings (SSSR count). The summed E-state index contributed by atoms with van der Waals surface area (Å²) < 4.78 is 26.5. The highest BCUT2D eigenvalue weighted by Gasteiger charge is 2.58. The zero-order chi connectivity index (χ0) is 53.2. The van der Waals surface area contributed by atoms with Crippen LogP contribution in [-0.2, 0) is 26.0 Å². The van der Waals surface area contributed by atoms with Crippen LogP contribution in [0.4, 0.5) is 0 Å². The van der Waals surface area contributed by atoms with Gasteiger partial charge in [0.15, 0.2) is 24.7 Å². The summed E-state index contributed by atoms with van der Waals surface area (Å²) in [6, 6.07) is 30.1. The number of carbonyl (C=O) groups excluding carboxylic acids is 2. The van der Waals surface area contributed by atoms with Crippen molar-refractivity contribution in [1.29, 1.82) is 0 Å². The van der Waals surface area contributed by atoms with Crippen molar-refractivity contribution in [3.05, 3.63) is 187 Å². The van der Waals surface area contributed by atoms with Crippen molar-refractivity contribution < 1.29 is 54.1 Å². The maximum atomic E-state index is 13.1. The number of hydrogen-bond donors (Lipinski definition) is 5. The summed E-state index contributed by atoms with van der Waals surface area (Å²) in [4.78, 5) is 41.8. The van der Waals surface area contributed by atoms with Crippen LogP contribution >= 0.6 is 58.0 Å². The molecule has 2 fully saturated rings. The van der Waals surface area contributed by atoms with Gasteiger partial charge >= 0.3 is 11.9 Å². The Balaban J connectivity index is 0.000000235. The van der Waals surface area contributed by atoms with Gasteiger partial charge in [-0.25, -0.2) is 29.5 Å². The molecule has 0 radical (unpaired) electrons. The first-order valence-corrected chi connectivity index (χ1v) is 24.5. The predicted molar refractivity (Wildman–Crippen MR) is 296 cm³/mol. The maximum Gasteiger partial charge on any atom is 0.338 e. The Hall–Kier alpha value is -5.77. The summed E-state index contributed by atoms with van der Waals surface area (Å²) >= 11 is 30.4. The second-order valence-corrected chi connectivity index (χ2v) is 19.7. The van der Waals surface area contributed by atoms with Gasteiger partial charge in [-0.3, -0.25) is 0 Å². The molecule has 2 saturated heterocycles. The molecular weight excluding hydrogens is 1100 g/mol. The van der Waals surface area contributed by atoms with Crippen molar-refractivity contribution in [2.24, 2.45) is 7.05 Å². The maximum absolute atomic E-state index is 13.1. The van der Waals surface area contributed by atoms with Gasteiger partial charge in [-0.1, -0.05) is 135 Å². The first kappa shape index (κ1) is 62.1. The van der Waals surface area contributed by atoms with Crippen LogP contribution in [0, 0.1) is 6.92 Å². The Morgan fingerprint density at radius 1 is 0.597 bits per heavy atom. The summed E-state index contributed by atoms with van der Waals surface area (Å²) in [6.07, 6.45) is -3.99. The van der Waals surface area contributed by atoms with E-state index in [1.54, 1.807) is 102 Å². The fourth-order valence-corrected chi connectivity index (χ4v) is 9.28. The van der Waals surface area contributed by atoms with E-state index in [0.717, 1.165) is 16.6 Å². The van der Waals surface area contributed by atoms with Crippen molar-refractivity contribution in [2.45, 2.75) is 103 Å². The lowest BCUT2D eigenvalue weighted by molar-refractivity contribution is -0.150. The Morgan fingerprint density at radius 3 is 1.56 bits per heavy atom. The minimum absolute atomic E-state index is 0. The van der Waals surface area contributed by atoms with E-state index in [1.165, 1.54) is 38.6 Å². The minimum atomic E-state index is -1.88. The number of fused-ring (bicyclic) bond motifs is 2. The normalized spacial score (nSPS) is 23.1. The average molecular weight is 1160 g/mol. The highest BCUT2D eigenvalue weighted by molar-refractivity contribution is 6.42. The second-order valence-electron chi connectivity index (χ2n) is 17.8. The largest absolute Gasteiger partial charge is 0.451 e. The fraction of sp³-hybridized carbons (Fsp3) is 0.309. The average Bonchev–Trinajstić information content (AvgIpc) is 4.14. The van der Waals surface area contributed by atoms with E-state index in [0.29, 0.717) is 48.5 Å². The SMILES string of the molecule is C.C.C.C[C@@]1(O)[C@@H]([C@H](OC(=O)c2ccccc2)c2ccc(Cl)c(Cl)c2)OC(O)[C@@H]1O.Cc1ccc([C@@H](OC(=O)c2ccccc2)[C@H]2O[C@@H](n3ccc4c(Cl)ncnc43)[C@H](O)[C@]2(C)O)cc1Cl.Cn1ccc2c(Cl)ncnc21. The number of halogens is 5. The first-order chi connectivity index (χ1) is 35.2. The molecule has 0 bridgehead atoms. The topological polar surface area (TPSA) is 234 Å². The number of nitrogens with zero attached hydrogens (tertiary/aromatic N) is 6. The van der Waals surface area contributed by atoms with Crippen LogP contribution in [0.1, 0.15) is 92.0 Å². The van der Waals surface area contributed by atoms with E-state index in [-0.39, 0.29) is 32.5 Å². The predicted octanol–water partition coefficient (Wildman–Crippen LogP) is 10.9. The molecular formula is C55H59Cl5N6O11. The number of aryl methyl sites for hydroxylation is 2. The van der Waals surface area contributed by atoms with Crippen LogP contribution < -0.4 is 0 Å². The van der Waals surface area contributed by atoms with Gasteiger partial charge in [-0.15, -0.1) is 0 Å². The summed E-state index contributed by atoms with van der Waals surface area (Å²) in [6.45, 7) is 4.58. The lowest BCUT2D eigenvalue weighted by atomic mass is 9.88. The summed E-state index contributed by atoms with van der Waals surface area (Å²) in [7, 11) is 1.92. The number of hydrogen-bond acceptors (Lipinski definition) is 15. The number of benzene rings is 4. The van der Waals surface area contributed by atoms with E-state index in [2.05, 4.69) is 19.9 Å². The van der Waals surface area contributed by atoms with Gasteiger partial charge < -0.3 is 53.6 Å². The van der Waals surface area contributed by atoms with Gasteiger partial charge in [0, 0.05) is 24.5 Å². The molecule has 0 aliphatic carbocycles. The fourth-order valence-electron chi connectivity index (χ4n) is 8.40. The Kier molecular flexibility index (Phi) is 20.8. The molecule has 2 aliphatic rings. The molecule has 22 heteroatoms. The van der Waals surface area contributed by atoms with E-state index < -0.39 is 72.3 Å². The van der Waals surface area contributed by atoms with Gasteiger partial charge in [-0.2, -0.15) is 0 Å². The monoisotopic (exact) mass is 1150 g/mol. The zero-order valence-electron chi connectivity index (χ0n) is 39.6. The molecule has 0 saturated carbocycles. The van der Waals surface area contributed by atoms with Crippen LogP contribution in [0.5, 0.6) is 0 Å². The van der Waals surface area contributed by atoms with Crippen LogP contribution in [0.2, 0.25) is 25.4 Å². The molecule has 4 aromatic carbocycles. The molecule has 4 aromatic heterocycles. The summed E-state index contributed by atoms with van der Waals surface area (Å²) in [5.74, 6) is -1.28. The van der Waals surface area contributed by atoms with Crippen molar-refractivity contribution in [3.8, 4) is 0 Å². The Morgan fingerprint density at radius 2 is 1.06 bits per heavy atom. The first-order valence-electron chi connectivity index (χ1n) is 22.6. The van der Waals surface area contributed by atoms with Gasteiger partial charge in [0.25, 0.3) is 0 Å². The molecule has 17 nitrogen and oxygen atoms in total. The third-order valence-corrected chi connectivity index (χ3v) is 14.4. The highest BCUT2D eigenvalue weighted by Crippen LogP contribution is 2.46. The van der Waals surface area contributed by atoms with E-state index in [9.17, 15) is 35.1 Å².